The molecule has 1 amide bonds. The molecule has 0 radical (unpaired) electrons. The number of carbonyl (C=O) groups is 1. The first-order valence-electron chi connectivity index (χ1n) is 11.6. The first kappa shape index (κ1) is 21.3. The van der Waals surface area contributed by atoms with E-state index in [0.29, 0.717) is 6.42 Å². The molecule has 3 aromatic carbocycles. The van der Waals surface area contributed by atoms with Crippen LogP contribution in [0.3, 0.4) is 0 Å². The number of nitrogens with one attached hydrogen (secondary N) is 1. The van der Waals surface area contributed by atoms with Gasteiger partial charge in [-0.05, 0) is 42.0 Å². The molecule has 1 unspecified atom stereocenters. The Morgan fingerprint density at radius 2 is 1.52 bits per heavy atom. The van der Waals surface area contributed by atoms with Gasteiger partial charge in [0.05, 0.1) is 11.3 Å². The number of anilines is 2. The average Bonchev–Trinajstić information content (AvgIpc) is 2.86. The molecule has 33 heavy (non-hydrogen) atoms. The van der Waals surface area contributed by atoms with Crippen molar-refractivity contribution in [3.63, 3.8) is 0 Å². The van der Waals surface area contributed by atoms with E-state index in [4.69, 9.17) is 0 Å². The van der Waals surface area contributed by atoms with E-state index in [9.17, 15) is 9.90 Å². The fourth-order valence-electron chi connectivity index (χ4n) is 4.80. The van der Waals surface area contributed by atoms with Crippen LogP contribution < -0.4 is 15.1 Å². The van der Waals surface area contributed by atoms with Gasteiger partial charge in [-0.1, -0.05) is 42.5 Å². The van der Waals surface area contributed by atoms with E-state index in [1.165, 1.54) is 5.69 Å². The van der Waals surface area contributed by atoms with Crippen molar-refractivity contribution in [3.05, 3.63) is 90.0 Å². The Hall–Kier alpha value is -3.51. The predicted molar refractivity (Wildman–Crippen MR) is 132 cm³/mol. The Bertz CT molecular complexity index is 1080. The van der Waals surface area contributed by atoms with E-state index in [0.717, 1.165) is 56.1 Å². The molecule has 3 aromatic rings. The molecule has 1 saturated heterocycles. The van der Waals surface area contributed by atoms with Gasteiger partial charge in [0.25, 0.3) is 5.91 Å². The Morgan fingerprint density at radius 1 is 0.818 bits per heavy atom. The number of aromatic hydroxyl groups is 1. The molecule has 0 bridgehead atoms. The van der Waals surface area contributed by atoms with Crippen molar-refractivity contribution < 1.29 is 9.90 Å². The van der Waals surface area contributed by atoms with Gasteiger partial charge in [-0.2, -0.15) is 0 Å². The van der Waals surface area contributed by atoms with E-state index in [-0.39, 0.29) is 17.8 Å². The van der Waals surface area contributed by atoms with E-state index in [1.807, 2.05) is 36.4 Å². The number of hydrogen-bond donors (Lipinski definition) is 2. The molecule has 1 fully saturated rings. The van der Waals surface area contributed by atoms with Crippen molar-refractivity contribution in [2.24, 2.45) is 0 Å². The highest BCUT2D eigenvalue weighted by molar-refractivity contribution is 6.02. The third-order valence-corrected chi connectivity index (χ3v) is 6.65. The first-order chi connectivity index (χ1) is 16.2. The molecule has 0 spiro atoms. The van der Waals surface area contributed by atoms with Crippen LogP contribution in [0.2, 0.25) is 0 Å². The number of phenols is 1. The van der Waals surface area contributed by atoms with Gasteiger partial charge < -0.3 is 20.2 Å². The van der Waals surface area contributed by atoms with Crippen LogP contribution in [-0.4, -0.2) is 61.3 Å². The number of piperazine rings is 1. The lowest BCUT2D eigenvalue weighted by Crippen LogP contribution is -2.56. The fourth-order valence-corrected chi connectivity index (χ4v) is 4.80. The predicted octanol–water partition coefficient (Wildman–Crippen LogP) is 3.33. The molecule has 5 rings (SSSR count). The van der Waals surface area contributed by atoms with Crippen LogP contribution in [0.5, 0.6) is 5.75 Å². The average molecular weight is 443 g/mol. The summed E-state index contributed by atoms with van der Waals surface area (Å²) in [4.78, 5) is 20.1. The molecule has 6 nitrogen and oxygen atoms in total. The van der Waals surface area contributed by atoms with Gasteiger partial charge in [0.15, 0.2) is 0 Å². The summed E-state index contributed by atoms with van der Waals surface area (Å²) in [5, 5.41) is 12.8. The highest BCUT2D eigenvalue weighted by Crippen LogP contribution is 2.28. The minimum atomic E-state index is -0.123. The van der Waals surface area contributed by atoms with Crippen molar-refractivity contribution in [1.82, 2.24) is 10.2 Å². The molecule has 0 aromatic heterocycles. The third kappa shape index (κ3) is 4.81. The molecule has 0 saturated carbocycles. The summed E-state index contributed by atoms with van der Waals surface area (Å²) < 4.78 is 0. The highest BCUT2D eigenvalue weighted by Gasteiger charge is 2.31. The lowest BCUT2D eigenvalue weighted by atomic mass is 10.0. The van der Waals surface area contributed by atoms with Crippen molar-refractivity contribution in [3.8, 4) is 5.75 Å². The Morgan fingerprint density at radius 3 is 2.27 bits per heavy atom. The number of nitrogens with zero attached hydrogens (tertiary/aromatic N) is 3. The smallest absolute Gasteiger partial charge is 0.254 e. The number of amides is 1. The molecular weight excluding hydrogens is 412 g/mol. The second-order valence-corrected chi connectivity index (χ2v) is 8.73. The minimum Gasteiger partial charge on any atom is -0.508 e. The van der Waals surface area contributed by atoms with Gasteiger partial charge in [-0.25, -0.2) is 0 Å². The maximum atomic E-state index is 12.8. The summed E-state index contributed by atoms with van der Waals surface area (Å²) in [6.07, 6.45) is 0.560. The maximum Gasteiger partial charge on any atom is 0.254 e. The number of fused-ring (bicyclic) bond motifs is 1. The van der Waals surface area contributed by atoms with Crippen molar-refractivity contribution in [2.45, 2.75) is 12.6 Å². The molecule has 2 heterocycles. The number of rotatable bonds is 6. The van der Waals surface area contributed by atoms with Gasteiger partial charge >= 0.3 is 0 Å². The van der Waals surface area contributed by atoms with Crippen LogP contribution in [0.1, 0.15) is 15.9 Å². The second-order valence-electron chi connectivity index (χ2n) is 8.73. The Labute approximate surface area is 195 Å². The van der Waals surface area contributed by atoms with E-state index < -0.39 is 0 Å². The number of benzene rings is 3. The SMILES string of the molecule is O=C1NC(Cc2ccc(O)cc2)N(CCN2CCN(c3ccccc3)CC2)c2ccccc21. The zero-order chi connectivity index (χ0) is 22.6. The Balaban J connectivity index is 1.27. The molecule has 2 aliphatic rings. The largest absolute Gasteiger partial charge is 0.508 e. The topological polar surface area (TPSA) is 59.1 Å². The van der Waals surface area contributed by atoms with Gasteiger partial charge in [0, 0.05) is 51.4 Å². The summed E-state index contributed by atoms with van der Waals surface area (Å²) in [5.41, 5.74) is 4.10. The van der Waals surface area contributed by atoms with Gasteiger partial charge in [0.1, 0.15) is 11.9 Å². The maximum absolute atomic E-state index is 12.8. The number of hydrogen-bond acceptors (Lipinski definition) is 5. The number of carbonyl (C=O) groups excluding carboxylic acids is 1. The van der Waals surface area contributed by atoms with E-state index >= 15 is 0 Å². The lowest BCUT2D eigenvalue weighted by molar-refractivity contribution is 0.0925. The zero-order valence-electron chi connectivity index (χ0n) is 18.7. The molecule has 170 valence electrons. The minimum absolute atomic E-state index is 0.0258. The Kier molecular flexibility index (Phi) is 6.17. The highest BCUT2D eigenvalue weighted by atomic mass is 16.3. The number of phenolic OH excluding ortho intramolecular Hbond substituents is 1. The second kappa shape index (κ2) is 9.55. The molecular formula is C27H30N4O2. The zero-order valence-corrected chi connectivity index (χ0v) is 18.7. The van der Waals surface area contributed by atoms with E-state index in [1.54, 1.807) is 12.1 Å². The van der Waals surface area contributed by atoms with Crippen LogP contribution in [0.4, 0.5) is 11.4 Å². The summed E-state index contributed by atoms with van der Waals surface area (Å²) in [6.45, 7) is 5.88. The van der Waals surface area contributed by atoms with Crippen LogP contribution in [0, 0.1) is 0 Å². The molecule has 2 N–H and O–H groups in total. The van der Waals surface area contributed by atoms with Crippen LogP contribution >= 0.6 is 0 Å². The van der Waals surface area contributed by atoms with Crippen molar-refractivity contribution >= 4 is 17.3 Å². The van der Waals surface area contributed by atoms with Crippen LogP contribution in [-0.2, 0) is 6.42 Å². The molecule has 2 aliphatic heterocycles. The molecule has 0 aliphatic carbocycles. The standard InChI is InChI=1S/C27H30N4O2/c32-23-12-10-21(11-13-23)20-26-28-27(33)24-8-4-5-9-25(24)31(26)19-16-29-14-17-30(18-15-29)22-6-2-1-3-7-22/h1-13,26,32H,14-20H2,(H,28,33). The van der Waals surface area contributed by atoms with Gasteiger partial charge in [-0.3, -0.25) is 9.69 Å². The van der Waals surface area contributed by atoms with Crippen LogP contribution in [0.15, 0.2) is 78.9 Å². The summed E-state index contributed by atoms with van der Waals surface area (Å²) in [5.74, 6) is 0.227. The summed E-state index contributed by atoms with van der Waals surface area (Å²) in [7, 11) is 0. The monoisotopic (exact) mass is 442 g/mol. The fraction of sp³-hybridized carbons (Fsp3) is 0.296. The van der Waals surface area contributed by atoms with Crippen molar-refractivity contribution in [2.75, 3.05) is 49.1 Å². The lowest BCUT2D eigenvalue weighted by Gasteiger charge is -2.41. The van der Waals surface area contributed by atoms with Gasteiger partial charge in [0.2, 0.25) is 0 Å². The van der Waals surface area contributed by atoms with E-state index in [2.05, 4.69) is 50.3 Å². The number of para-hydroxylation sites is 2. The molecule has 1 atom stereocenters. The van der Waals surface area contributed by atoms with Crippen molar-refractivity contribution in [1.29, 1.82) is 0 Å². The van der Waals surface area contributed by atoms with Crippen LogP contribution in [0.25, 0.3) is 0 Å². The quantitative estimate of drug-likeness (QED) is 0.613. The summed E-state index contributed by atoms with van der Waals surface area (Å²) in [6, 6.07) is 25.7. The third-order valence-electron chi connectivity index (χ3n) is 6.65. The summed E-state index contributed by atoms with van der Waals surface area (Å²) >= 11 is 0. The molecule has 6 heteroatoms. The normalized spacial score (nSPS) is 18.7. The first-order valence-corrected chi connectivity index (χ1v) is 11.6. The van der Waals surface area contributed by atoms with Gasteiger partial charge in [-0.15, -0.1) is 0 Å².